The predicted molar refractivity (Wildman–Crippen MR) is 82.3 cm³/mol. The number of hydrogen-bond donors (Lipinski definition) is 2. The maximum atomic E-state index is 5.72. The van der Waals surface area contributed by atoms with Crippen LogP contribution >= 0.6 is 24.0 Å². The van der Waals surface area contributed by atoms with E-state index in [9.17, 15) is 0 Å². The lowest BCUT2D eigenvalue weighted by Crippen LogP contribution is -2.30. The summed E-state index contributed by atoms with van der Waals surface area (Å²) in [5.41, 5.74) is 6.65. The molecular formula is C12H19IN4O. The van der Waals surface area contributed by atoms with Crippen molar-refractivity contribution in [3.05, 3.63) is 23.9 Å². The van der Waals surface area contributed by atoms with Crippen molar-refractivity contribution in [3.63, 3.8) is 0 Å². The zero-order chi connectivity index (χ0) is 12.1. The molecule has 6 heteroatoms. The number of guanidine groups is 1. The standard InChI is InChI=1S/C12H18N4O.HI/c1-14-12(13)16-8-9-5-6-15-11(7-9)17-10-3-2-4-10;/h5-7,10H,2-4,8H2,1H3,(H3,13,14,16);1H. The molecule has 0 unspecified atom stereocenters. The SMILES string of the molecule is CN=C(N)NCc1ccnc(OC2CCC2)c1.I. The summed E-state index contributed by atoms with van der Waals surface area (Å²) >= 11 is 0. The van der Waals surface area contributed by atoms with E-state index in [4.69, 9.17) is 10.5 Å². The molecule has 3 N–H and O–H groups in total. The number of ether oxygens (including phenoxy) is 1. The topological polar surface area (TPSA) is 72.5 Å². The van der Waals surface area contributed by atoms with Gasteiger partial charge in [0.25, 0.3) is 0 Å². The number of pyridine rings is 1. The van der Waals surface area contributed by atoms with Crippen molar-refractivity contribution in [1.82, 2.24) is 10.3 Å². The van der Waals surface area contributed by atoms with Crippen molar-refractivity contribution in [3.8, 4) is 5.88 Å². The third-order valence-corrected chi connectivity index (χ3v) is 2.85. The van der Waals surface area contributed by atoms with Crippen molar-refractivity contribution in [2.75, 3.05) is 7.05 Å². The van der Waals surface area contributed by atoms with Crippen molar-refractivity contribution in [2.45, 2.75) is 31.9 Å². The number of aromatic nitrogens is 1. The van der Waals surface area contributed by atoms with Gasteiger partial charge in [0.2, 0.25) is 5.88 Å². The monoisotopic (exact) mass is 362 g/mol. The second kappa shape index (κ2) is 7.40. The number of nitrogens with zero attached hydrogens (tertiary/aromatic N) is 2. The highest BCUT2D eigenvalue weighted by atomic mass is 127. The van der Waals surface area contributed by atoms with Crippen LogP contribution < -0.4 is 15.8 Å². The Hall–Kier alpha value is -1.05. The van der Waals surface area contributed by atoms with E-state index in [2.05, 4.69) is 15.3 Å². The summed E-state index contributed by atoms with van der Waals surface area (Å²) in [6.07, 6.45) is 5.65. The molecule has 100 valence electrons. The highest BCUT2D eigenvalue weighted by molar-refractivity contribution is 14.0. The highest BCUT2D eigenvalue weighted by Crippen LogP contribution is 2.24. The molecule has 0 aromatic carbocycles. The summed E-state index contributed by atoms with van der Waals surface area (Å²) in [7, 11) is 1.65. The van der Waals surface area contributed by atoms with Crippen LogP contribution in [0.15, 0.2) is 23.3 Å². The predicted octanol–water partition coefficient (Wildman–Crippen LogP) is 1.66. The number of hydrogen-bond acceptors (Lipinski definition) is 3. The van der Waals surface area contributed by atoms with Crippen LogP contribution in [0.5, 0.6) is 5.88 Å². The molecule has 0 aliphatic heterocycles. The molecule has 1 fully saturated rings. The number of aliphatic imine (C=N–C) groups is 1. The first-order valence-corrected chi connectivity index (χ1v) is 5.85. The van der Waals surface area contributed by atoms with Gasteiger partial charge in [-0.15, -0.1) is 24.0 Å². The molecule has 1 aromatic rings. The molecule has 18 heavy (non-hydrogen) atoms. The van der Waals surface area contributed by atoms with Crippen molar-refractivity contribution < 1.29 is 4.74 Å². The van der Waals surface area contributed by atoms with E-state index in [0.29, 0.717) is 24.5 Å². The third-order valence-electron chi connectivity index (χ3n) is 2.85. The second-order valence-corrected chi connectivity index (χ2v) is 4.14. The van der Waals surface area contributed by atoms with Crippen molar-refractivity contribution >= 4 is 29.9 Å². The number of nitrogens with two attached hydrogens (primary N) is 1. The summed E-state index contributed by atoms with van der Waals surface area (Å²) in [6, 6.07) is 3.87. The number of nitrogens with one attached hydrogen (secondary N) is 1. The fourth-order valence-electron chi connectivity index (χ4n) is 1.56. The first-order valence-electron chi connectivity index (χ1n) is 5.85. The largest absolute Gasteiger partial charge is 0.474 e. The van der Waals surface area contributed by atoms with Crippen LogP contribution in [0.25, 0.3) is 0 Å². The minimum absolute atomic E-state index is 0. The van der Waals surface area contributed by atoms with Gasteiger partial charge in [-0.3, -0.25) is 4.99 Å². The van der Waals surface area contributed by atoms with Crippen molar-refractivity contribution in [1.29, 1.82) is 0 Å². The lowest BCUT2D eigenvalue weighted by atomic mass is 9.96. The smallest absolute Gasteiger partial charge is 0.213 e. The lowest BCUT2D eigenvalue weighted by Gasteiger charge is -2.25. The first-order chi connectivity index (χ1) is 8.28. The Morgan fingerprint density at radius 2 is 2.39 bits per heavy atom. The average molecular weight is 362 g/mol. The maximum Gasteiger partial charge on any atom is 0.213 e. The summed E-state index contributed by atoms with van der Waals surface area (Å²) in [6.45, 7) is 0.632. The molecule has 0 radical (unpaired) electrons. The van der Waals surface area contributed by atoms with Gasteiger partial charge in [-0.25, -0.2) is 4.98 Å². The number of rotatable bonds is 4. The molecule has 0 amide bonds. The Labute approximate surface area is 124 Å². The van der Waals surface area contributed by atoms with E-state index >= 15 is 0 Å². The summed E-state index contributed by atoms with van der Waals surface area (Å²) in [4.78, 5) is 8.03. The molecule has 1 saturated carbocycles. The van der Waals surface area contributed by atoms with Gasteiger partial charge in [0, 0.05) is 25.9 Å². The minimum Gasteiger partial charge on any atom is -0.474 e. The van der Waals surface area contributed by atoms with Crippen LogP contribution in [-0.2, 0) is 6.54 Å². The zero-order valence-electron chi connectivity index (χ0n) is 10.4. The molecule has 1 aromatic heterocycles. The molecule has 0 bridgehead atoms. The molecule has 1 aliphatic carbocycles. The van der Waals surface area contributed by atoms with Gasteiger partial charge in [-0.2, -0.15) is 0 Å². The van der Waals surface area contributed by atoms with Crippen LogP contribution in [0.1, 0.15) is 24.8 Å². The van der Waals surface area contributed by atoms with Crippen LogP contribution in [0.3, 0.4) is 0 Å². The molecule has 5 nitrogen and oxygen atoms in total. The highest BCUT2D eigenvalue weighted by Gasteiger charge is 2.19. The van der Waals surface area contributed by atoms with Gasteiger partial charge in [0.1, 0.15) is 6.10 Å². The zero-order valence-corrected chi connectivity index (χ0v) is 12.8. The number of halogens is 1. The van der Waals surface area contributed by atoms with E-state index in [1.165, 1.54) is 6.42 Å². The molecule has 1 heterocycles. The molecule has 2 rings (SSSR count). The molecule has 0 saturated heterocycles. The second-order valence-electron chi connectivity index (χ2n) is 4.14. The molecule has 1 aliphatic rings. The van der Waals surface area contributed by atoms with E-state index in [-0.39, 0.29) is 24.0 Å². The summed E-state index contributed by atoms with van der Waals surface area (Å²) in [5, 5.41) is 3.00. The van der Waals surface area contributed by atoms with E-state index in [1.54, 1.807) is 13.2 Å². The Morgan fingerprint density at radius 3 is 3.00 bits per heavy atom. The summed E-state index contributed by atoms with van der Waals surface area (Å²) < 4.78 is 5.72. The van der Waals surface area contributed by atoms with Gasteiger partial charge in [0.05, 0.1) is 0 Å². The van der Waals surface area contributed by atoms with Crippen LogP contribution in [0.2, 0.25) is 0 Å². The average Bonchev–Trinajstić information content (AvgIpc) is 2.31. The summed E-state index contributed by atoms with van der Waals surface area (Å²) in [5.74, 6) is 1.13. The Balaban J connectivity index is 0.00000162. The quantitative estimate of drug-likeness (QED) is 0.486. The Kier molecular flexibility index (Phi) is 6.17. The fraction of sp³-hybridized carbons (Fsp3) is 0.500. The normalized spacial score (nSPS) is 15.5. The minimum atomic E-state index is 0. The van der Waals surface area contributed by atoms with Gasteiger partial charge in [-0.1, -0.05) is 0 Å². The van der Waals surface area contributed by atoms with Crippen molar-refractivity contribution in [2.24, 2.45) is 10.7 Å². The molecular weight excluding hydrogens is 343 g/mol. The van der Waals surface area contributed by atoms with Gasteiger partial charge < -0.3 is 15.8 Å². The molecule has 0 atom stereocenters. The maximum absolute atomic E-state index is 5.72. The first kappa shape index (κ1) is 15.0. The van der Waals surface area contributed by atoms with Crippen LogP contribution in [0, 0.1) is 0 Å². The van der Waals surface area contributed by atoms with Crippen LogP contribution in [0.4, 0.5) is 0 Å². The third kappa shape index (κ3) is 4.32. The van der Waals surface area contributed by atoms with E-state index in [1.807, 2.05) is 12.1 Å². The van der Waals surface area contributed by atoms with E-state index in [0.717, 1.165) is 18.4 Å². The van der Waals surface area contributed by atoms with Gasteiger partial charge in [-0.05, 0) is 30.9 Å². The van der Waals surface area contributed by atoms with Gasteiger partial charge >= 0.3 is 0 Å². The van der Waals surface area contributed by atoms with E-state index < -0.39 is 0 Å². The van der Waals surface area contributed by atoms with Gasteiger partial charge in [0.15, 0.2) is 5.96 Å². The Bertz CT molecular complexity index is 407. The Morgan fingerprint density at radius 1 is 1.61 bits per heavy atom. The molecule has 0 spiro atoms. The fourth-order valence-corrected chi connectivity index (χ4v) is 1.56. The van der Waals surface area contributed by atoms with Crippen LogP contribution in [-0.4, -0.2) is 24.1 Å². The lowest BCUT2D eigenvalue weighted by molar-refractivity contribution is 0.114.